The number of hydrogen-bond acceptors (Lipinski definition) is 2. The highest BCUT2D eigenvalue weighted by atomic mass is 19.4. The van der Waals surface area contributed by atoms with Crippen LogP contribution in [0.3, 0.4) is 0 Å². The number of alkyl halides is 3. The number of carbonyl (C=O) groups is 1. The Morgan fingerprint density at radius 3 is 2.78 bits per heavy atom. The molecule has 1 atom stereocenters. The standard InChI is InChI=1S/C13H12F3NO/c14-13(15,16)8-3-4-10-11(6-8)17-5-1-2-9(17)7-12(10)18/h3-4,6,9H,1-2,5,7H2. The molecule has 0 aliphatic carbocycles. The molecule has 1 aromatic rings. The highest BCUT2D eigenvalue weighted by molar-refractivity contribution is 6.04. The van der Waals surface area contributed by atoms with Crippen molar-refractivity contribution in [1.29, 1.82) is 0 Å². The molecular weight excluding hydrogens is 243 g/mol. The number of Topliss-reactive ketones (excluding diaryl/α,β-unsaturated/α-hetero) is 1. The van der Waals surface area contributed by atoms with Crippen molar-refractivity contribution in [3.8, 4) is 0 Å². The zero-order valence-corrected chi connectivity index (χ0v) is 9.63. The normalized spacial score (nSPS) is 22.9. The molecule has 1 unspecified atom stereocenters. The molecule has 0 amide bonds. The van der Waals surface area contributed by atoms with Crippen molar-refractivity contribution in [1.82, 2.24) is 0 Å². The Hall–Kier alpha value is -1.52. The van der Waals surface area contributed by atoms with Crippen molar-refractivity contribution in [2.45, 2.75) is 31.5 Å². The third-order valence-electron chi connectivity index (χ3n) is 3.73. The third kappa shape index (κ3) is 1.69. The van der Waals surface area contributed by atoms with Gasteiger partial charge in [-0.3, -0.25) is 4.79 Å². The molecule has 0 radical (unpaired) electrons. The second kappa shape index (κ2) is 3.73. The number of ketones is 1. The molecule has 0 spiro atoms. The van der Waals surface area contributed by atoms with Gasteiger partial charge in [-0.05, 0) is 31.0 Å². The molecule has 18 heavy (non-hydrogen) atoms. The molecule has 0 bridgehead atoms. The van der Waals surface area contributed by atoms with E-state index in [1.165, 1.54) is 6.07 Å². The van der Waals surface area contributed by atoms with Crippen LogP contribution >= 0.6 is 0 Å². The molecule has 2 heterocycles. The minimum atomic E-state index is -4.36. The largest absolute Gasteiger partial charge is 0.416 e. The van der Waals surface area contributed by atoms with Gasteiger partial charge < -0.3 is 4.90 Å². The first-order valence-corrected chi connectivity index (χ1v) is 5.98. The van der Waals surface area contributed by atoms with Crippen molar-refractivity contribution in [3.63, 3.8) is 0 Å². The lowest BCUT2D eigenvalue weighted by Crippen LogP contribution is -2.36. The Bertz CT molecular complexity index is 509. The minimum absolute atomic E-state index is 0.0399. The van der Waals surface area contributed by atoms with E-state index in [4.69, 9.17) is 0 Å². The van der Waals surface area contributed by atoms with Crippen LogP contribution in [0.1, 0.15) is 35.2 Å². The van der Waals surface area contributed by atoms with Gasteiger partial charge >= 0.3 is 6.18 Å². The fourth-order valence-corrected chi connectivity index (χ4v) is 2.87. The van der Waals surface area contributed by atoms with Gasteiger partial charge in [-0.25, -0.2) is 0 Å². The fourth-order valence-electron chi connectivity index (χ4n) is 2.87. The summed E-state index contributed by atoms with van der Waals surface area (Å²) in [6, 6.07) is 3.51. The van der Waals surface area contributed by atoms with E-state index in [1.807, 2.05) is 4.90 Å². The van der Waals surface area contributed by atoms with Crippen LogP contribution < -0.4 is 4.90 Å². The van der Waals surface area contributed by atoms with E-state index in [0.717, 1.165) is 31.5 Å². The topological polar surface area (TPSA) is 20.3 Å². The Kier molecular flexibility index (Phi) is 2.40. The summed E-state index contributed by atoms with van der Waals surface area (Å²) < 4.78 is 38.1. The molecular formula is C13H12F3NO. The summed E-state index contributed by atoms with van der Waals surface area (Å²) in [5.41, 5.74) is 0.214. The number of carbonyl (C=O) groups excluding carboxylic acids is 1. The maximum Gasteiger partial charge on any atom is 0.416 e. The van der Waals surface area contributed by atoms with E-state index >= 15 is 0 Å². The van der Waals surface area contributed by atoms with E-state index < -0.39 is 11.7 Å². The molecule has 2 aliphatic heterocycles. The molecule has 5 heteroatoms. The van der Waals surface area contributed by atoms with Gasteiger partial charge in [0.2, 0.25) is 0 Å². The quantitative estimate of drug-likeness (QED) is 0.709. The number of nitrogens with zero attached hydrogens (tertiary/aromatic N) is 1. The van der Waals surface area contributed by atoms with Gasteiger partial charge in [0.05, 0.1) is 5.56 Å². The lowest BCUT2D eigenvalue weighted by Gasteiger charge is -2.33. The molecule has 2 nitrogen and oxygen atoms in total. The Morgan fingerprint density at radius 2 is 2.06 bits per heavy atom. The van der Waals surface area contributed by atoms with E-state index in [9.17, 15) is 18.0 Å². The number of rotatable bonds is 0. The maximum absolute atomic E-state index is 12.7. The van der Waals surface area contributed by atoms with Gasteiger partial charge in [0.25, 0.3) is 0 Å². The first kappa shape index (κ1) is 11.6. The van der Waals surface area contributed by atoms with E-state index in [1.54, 1.807) is 0 Å². The summed E-state index contributed by atoms with van der Waals surface area (Å²) >= 11 is 0. The average molecular weight is 255 g/mol. The highest BCUT2D eigenvalue weighted by Crippen LogP contribution is 2.39. The average Bonchev–Trinajstić information content (AvgIpc) is 2.75. The first-order valence-electron chi connectivity index (χ1n) is 5.98. The molecule has 0 aromatic heterocycles. The number of hydrogen-bond donors (Lipinski definition) is 0. The zero-order valence-electron chi connectivity index (χ0n) is 9.63. The summed E-state index contributed by atoms with van der Waals surface area (Å²) in [5.74, 6) is -0.0399. The Morgan fingerprint density at radius 1 is 1.28 bits per heavy atom. The lowest BCUT2D eigenvalue weighted by atomic mass is 9.94. The number of fused-ring (bicyclic) bond motifs is 3. The van der Waals surface area contributed by atoms with Gasteiger partial charge in [0.15, 0.2) is 5.78 Å². The van der Waals surface area contributed by atoms with Gasteiger partial charge in [-0.15, -0.1) is 0 Å². The van der Waals surface area contributed by atoms with Crippen LogP contribution in [0.2, 0.25) is 0 Å². The second-order valence-electron chi connectivity index (χ2n) is 4.85. The molecule has 0 N–H and O–H groups in total. The SMILES string of the molecule is O=C1CC2CCCN2c2cc(C(F)(F)F)ccc21. The molecule has 0 saturated carbocycles. The van der Waals surface area contributed by atoms with E-state index in [-0.39, 0.29) is 11.8 Å². The lowest BCUT2D eigenvalue weighted by molar-refractivity contribution is -0.137. The summed E-state index contributed by atoms with van der Waals surface area (Å²) in [7, 11) is 0. The predicted octanol–water partition coefficient (Wildman–Crippen LogP) is 3.26. The first-order chi connectivity index (χ1) is 8.47. The summed E-state index contributed by atoms with van der Waals surface area (Å²) in [5, 5.41) is 0. The summed E-state index contributed by atoms with van der Waals surface area (Å²) in [6.07, 6.45) is -2.10. The molecule has 1 fully saturated rings. The number of anilines is 1. The third-order valence-corrected chi connectivity index (χ3v) is 3.73. The Labute approximate surface area is 102 Å². The molecule has 96 valence electrons. The van der Waals surface area contributed by atoms with Crippen molar-refractivity contribution < 1.29 is 18.0 Å². The van der Waals surface area contributed by atoms with Crippen LogP contribution in [-0.4, -0.2) is 18.4 Å². The van der Waals surface area contributed by atoms with Crippen molar-refractivity contribution >= 4 is 11.5 Å². The van der Waals surface area contributed by atoms with Gasteiger partial charge in [-0.2, -0.15) is 13.2 Å². The monoisotopic (exact) mass is 255 g/mol. The predicted molar refractivity (Wildman–Crippen MR) is 60.8 cm³/mol. The van der Waals surface area contributed by atoms with E-state index in [0.29, 0.717) is 17.7 Å². The van der Waals surface area contributed by atoms with Crippen LogP contribution in [0.4, 0.5) is 18.9 Å². The fraction of sp³-hybridized carbons (Fsp3) is 0.462. The van der Waals surface area contributed by atoms with Gasteiger partial charge in [-0.1, -0.05) is 0 Å². The summed E-state index contributed by atoms with van der Waals surface area (Å²) in [4.78, 5) is 13.8. The second-order valence-corrected chi connectivity index (χ2v) is 4.85. The van der Waals surface area contributed by atoms with Gasteiger partial charge in [0.1, 0.15) is 0 Å². The van der Waals surface area contributed by atoms with Crippen LogP contribution in [0.5, 0.6) is 0 Å². The number of halogens is 3. The van der Waals surface area contributed by atoms with Crippen molar-refractivity contribution in [2.75, 3.05) is 11.4 Å². The van der Waals surface area contributed by atoms with Crippen LogP contribution in [-0.2, 0) is 6.18 Å². The summed E-state index contributed by atoms with van der Waals surface area (Å²) in [6.45, 7) is 0.742. The van der Waals surface area contributed by atoms with Crippen molar-refractivity contribution in [3.05, 3.63) is 29.3 Å². The van der Waals surface area contributed by atoms with Crippen LogP contribution in [0, 0.1) is 0 Å². The van der Waals surface area contributed by atoms with Crippen molar-refractivity contribution in [2.24, 2.45) is 0 Å². The van der Waals surface area contributed by atoms with Crippen LogP contribution in [0.15, 0.2) is 18.2 Å². The van der Waals surface area contributed by atoms with E-state index in [2.05, 4.69) is 0 Å². The Balaban J connectivity index is 2.11. The van der Waals surface area contributed by atoms with Crippen LogP contribution in [0.25, 0.3) is 0 Å². The van der Waals surface area contributed by atoms with Gasteiger partial charge in [0, 0.05) is 30.3 Å². The molecule has 3 rings (SSSR count). The molecule has 1 aromatic carbocycles. The smallest absolute Gasteiger partial charge is 0.367 e. The zero-order chi connectivity index (χ0) is 12.9. The maximum atomic E-state index is 12.7. The minimum Gasteiger partial charge on any atom is -0.367 e. The molecule has 1 saturated heterocycles. The molecule has 2 aliphatic rings. The highest BCUT2D eigenvalue weighted by Gasteiger charge is 2.37. The number of benzene rings is 1.